The van der Waals surface area contributed by atoms with Gasteiger partial charge in [0, 0.05) is 12.6 Å². The molecule has 1 saturated heterocycles. The van der Waals surface area contributed by atoms with Crippen LogP contribution in [0.15, 0.2) is 0 Å². The Morgan fingerprint density at radius 2 is 1.85 bits per heavy atom. The number of rotatable bonds is 2. The van der Waals surface area contributed by atoms with Crippen molar-refractivity contribution in [2.75, 3.05) is 6.61 Å². The van der Waals surface area contributed by atoms with E-state index in [1.54, 1.807) is 0 Å². The molecule has 114 valence electrons. The zero-order valence-corrected chi connectivity index (χ0v) is 12.9. The normalized spacial score (nSPS) is 44.9. The summed E-state index contributed by atoms with van der Waals surface area (Å²) in [4.78, 5) is 0. The van der Waals surface area contributed by atoms with Crippen LogP contribution < -0.4 is 5.73 Å². The zero-order chi connectivity index (χ0) is 13.6. The van der Waals surface area contributed by atoms with Gasteiger partial charge >= 0.3 is 0 Å². The van der Waals surface area contributed by atoms with Crippen LogP contribution in [0.2, 0.25) is 0 Å². The van der Waals surface area contributed by atoms with Gasteiger partial charge in [-0.2, -0.15) is 0 Å². The van der Waals surface area contributed by atoms with Crippen molar-refractivity contribution in [3.8, 4) is 0 Å². The molecule has 0 radical (unpaired) electrons. The molecule has 1 spiro atoms. The number of fused-ring (bicyclic) bond motifs is 2. The topological polar surface area (TPSA) is 35.2 Å². The summed E-state index contributed by atoms with van der Waals surface area (Å²) in [5.74, 6) is 3.59. The Bertz CT molecular complexity index is 344. The molecule has 4 fully saturated rings. The lowest BCUT2D eigenvalue weighted by Gasteiger charge is -2.46. The van der Waals surface area contributed by atoms with Crippen LogP contribution in [0.4, 0.5) is 0 Å². The summed E-state index contributed by atoms with van der Waals surface area (Å²) >= 11 is 0. The van der Waals surface area contributed by atoms with Gasteiger partial charge in [0.2, 0.25) is 0 Å². The van der Waals surface area contributed by atoms with E-state index in [2.05, 4.69) is 0 Å². The van der Waals surface area contributed by atoms with Crippen LogP contribution in [-0.4, -0.2) is 18.2 Å². The van der Waals surface area contributed by atoms with Crippen LogP contribution in [0.25, 0.3) is 0 Å². The summed E-state index contributed by atoms with van der Waals surface area (Å²) < 4.78 is 6.26. The highest BCUT2D eigenvalue weighted by atomic mass is 16.5. The van der Waals surface area contributed by atoms with Crippen LogP contribution in [0.3, 0.4) is 0 Å². The summed E-state index contributed by atoms with van der Waals surface area (Å²) in [5, 5.41) is 0. The molecule has 1 aliphatic heterocycles. The first kappa shape index (κ1) is 13.6. The van der Waals surface area contributed by atoms with Crippen molar-refractivity contribution >= 4 is 0 Å². The van der Waals surface area contributed by atoms with E-state index < -0.39 is 0 Å². The van der Waals surface area contributed by atoms with E-state index in [0.29, 0.717) is 6.04 Å². The first-order valence-electron chi connectivity index (χ1n) is 9.15. The van der Waals surface area contributed by atoms with Crippen molar-refractivity contribution in [2.24, 2.45) is 29.4 Å². The minimum absolute atomic E-state index is 0.233. The number of hydrogen-bond acceptors (Lipinski definition) is 2. The van der Waals surface area contributed by atoms with Crippen LogP contribution in [0.5, 0.6) is 0 Å². The third kappa shape index (κ3) is 2.33. The Balaban J connectivity index is 1.42. The second-order valence-corrected chi connectivity index (χ2v) is 8.26. The Kier molecular flexibility index (Phi) is 3.58. The van der Waals surface area contributed by atoms with Gasteiger partial charge in [0.05, 0.1) is 5.60 Å². The predicted octanol–water partition coefficient (Wildman–Crippen LogP) is 3.88. The fraction of sp³-hybridized carbons (Fsp3) is 1.00. The zero-order valence-electron chi connectivity index (χ0n) is 12.9. The maximum absolute atomic E-state index is 6.77. The summed E-state index contributed by atoms with van der Waals surface area (Å²) in [6.07, 6.45) is 15.1. The quantitative estimate of drug-likeness (QED) is 0.831. The first-order chi connectivity index (χ1) is 9.76. The first-order valence-corrected chi connectivity index (χ1v) is 9.15. The fourth-order valence-electron chi connectivity index (χ4n) is 6.05. The third-order valence-corrected chi connectivity index (χ3v) is 7.13. The van der Waals surface area contributed by atoms with Crippen molar-refractivity contribution in [2.45, 2.75) is 82.3 Å². The third-order valence-electron chi connectivity index (χ3n) is 7.13. The maximum atomic E-state index is 6.77. The van der Waals surface area contributed by atoms with Gasteiger partial charge in [-0.1, -0.05) is 25.7 Å². The van der Waals surface area contributed by atoms with Crippen LogP contribution >= 0.6 is 0 Å². The molecular formula is C18H31NO. The summed E-state index contributed by atoms with van der Waals surface area (Å²) in [6.45, 7) is 0.971. The Morgan fingerprint density at radius 3 is 2.55 bits per heavy atom. The minimum Gasteiger partial charge on any atom is -0.375 e. The lowest BCUT2D eigenvalue weighted by Crippen LogP contribution is -2.49. The molecule has 2 N–H and O–H groups in total. The Hall–Kier alpha value is -0.0800. The van der Waals surface area contributed by atoms with Gasteiger partial charge in [-0.25, -0.2) is 0 Å². The van der Waals surface area contributed by atoms with Gasteiger partial charge in [-0.15, -0.1) is 0 Å². The molecule has 2 nitrogen and oxygen atoms in total. The lowest BCUT2D eigenvalue weighted by atomic mass is 9.70. The second kappa shape index (κ2) is 5.28. The van der Waals surface area contributed by atoms with Crippen molar-refractivity contribution in [1.29, 1.82) is 0 Å². The second-order valence-electron chi connectivity index (χ2n) is 8.26. The Labute approximate surface area is 123 Å². The molecular weight excluding hydrogens is 246 g/mol. The maximum Gasteiger partial charge on any atom is 0.0685 e. The van der Waals surface area contributed by atoms with Crippen molar-refractivity contribution in [3.63, 3.8) is 0 Å². The van der Waals surface area contributed by atoms with Crippen LogP contribution in [-0.2, 0) is 4.74 Å². The molecule has 4 aliphatic rings. The molecule has 3 aliphatic carbocycles. The summed E-state index contributed by atoms with van der Waals surface area (Å²) in [7, 11) is 0. The molecule has 0 aromatic carbocycles. The summed E-state index contributed by atoms with van der Waals surface area (Å²) in [5.41, 5.74) is 7.01. The van der Waals surface area contributed by atoms with Gasteiger partial charge in [0.25, 0.3) is 0 Å². The van der Waals surface area contributed by atoms with E-state index in [1.165, 1.54) is 70.6 Å². The molecule has 20 heavy (non-hydrogen) atoms. The molecule has 0 amide bonds. The van der Waals surface area contributed by atoms with Gasteiger partial charge in [0.1, 0.15) is 0 Å². The van der Waals surface area contributed by atoms with Gasteiger partial charge in [0.15, 0.2) is 0 Å². The SMILES string of the molecule is NC(C1CCOC2(CCCCC2)C1)C1CC2CCC1C2. The largest absolute Gasteiger partial charge is 0.375 e. The van der Waals surface area contributed by atoms with E-state index in [-0.39, 0.29) is 5.60 Å². The van der Waals surface area contributed by atoms with E-state index in [0.717, 1.165) is 30.3 Å². The number of hydrogen-bond donors (Lipinski definition) is 1. The highest BCUT2D eigenvalue weighted by Gasteiger charge is 2.47. The Morgan fingerprint density at radius 1 is 1.00 bits per heavy atom. The predicted molar refractivity (Wildman–Crippen MR) is 81.4 cm³/mol. The number of ether oxygens (including phenoxy) is 1. The molecule has 1 heterocycles. The highest BCUT2D eigenvalue weighted by Crippen LogP contribution is 2.52. The van der Waals surface area contributed by atoms with E-state index in [9.17, 15) is 0 Å². The minimum atomic E-state index is 0.233. The molecule has 3 saturated carbocycles. The molecule has 5 atom stereocenters. The van der Waals surface area contributed by atoms with Crippen molar-refractivity contribution in [3.05, 3.63) is 0 Å². The van der Waals surface area contributed by atoms with Gasteiger partial charge in [-0.3, -0.25) is 0 Å². The fourth-order valence-corrected chi connectivity index (χ4v) is 6.05. The molecule has 5 unspecified atom stereocenters. The molecule has 2 heteroatoms. The smallest absolute Gasteiger partial charge is 0.0685 e. The van der Waals surface area contributed by atoms with Gasteiger partial charge < -0.3 is 10.5 Å². The lowest BCUT2D eigenvalue weighted by molar-refractivity contribution is -0.123. The standard InChI is InChI=1S/C18H31NO/c19-17(16-11-13-4-5-14(16)10-13)15-6-9-20-18(12-15)7-2-1-3-8-18/h13-17H,1-12,19H2. The van der Waals surface area contributed by atoms with E-state index in [4.69, 9.17) is 10.5 Å². The van der Waals surface area contributed by atoms with Crippen molar-refractivity contribution < 1.29 is 4.74 Å². The molecule has 0 aromatic rings. The van der Waals surface area contributed by atoms with Crippen LogP contribution in [0, 0.1) is 23.7 Å². The molecule has 2 bridgehead atoms. The average molecular weight is 277 g/mol. The van der Waals surface area contributed by atoms with E-state index in [1.807, 2.05) is 0 Å². The van der Waals surface area contributed by atoms with Gasteiger partial charge in [-0.05, 0) is 68.6 Å². The molecule has 4 rings (SSSR count). The summed E-state index contributed by atoms with van der Waals surface area (Å²) in [6, 6.07) is 0.466. The van der Waals surface area contributed by atoms with Crippen molar-refractivity contribution in [1.82, 2.24) is 0 Å². The monoisotopic (exact) mass is 277 g/mol. The van der Waals surface area contributed by atoms with Crippen LogP contribution in [0.1, 0.15) is 70.6 Å². The highest BCUT2D eigenvalue weighted by molar-refractivity contribution is 4.99. The van der Waals surface area contributed by atoms with E-state index >= 15 is 0 Å². The number of nitrogens with two attached hydrogens (primary N) is 1. The average Bonchev–Trinajstić information content (AvgIpc) is 3.10. The molecule has 0 aromatic heterocycles.